The lowest BCUT2D eigenvalue weighted by Crippen LogP contribution is -2.31. The zero-order valence-corrected chi connectivity index (χ0v) is 20.7. The number of hydrogen-bond donors (Lipinski definition) is 0. The minimum atomic E-state index is -4.43. The van der Waals surface area contributed by atoms with Crippen molar-refractivity contribution in [2.45, 2.75) is 57.7 Å². The van der Waals surface area contributed by atoms with Crippen molar-refractivity contribution in [1.82, 2.24) is 0 Å². The molecular formula is C30H29F3O3. The van der Waals surface area contributed by atoms with Crippen molar-refractivity contribution in [2.75, 3.05) is 0 Å². The van der Waals surface area contributed by atoms with Crippen LogP contribution in [0.25, 0.3) is 5.76 Å². The molecule has 0 fully saturated rings. The molecule has 0 aliphatic carbocycles. The normalized spacial score (nSPS) is 17.8. The summed E-state index contributed by atoms with van der Waals surface area (Å²) < 4.78 is 51.2. The number of carbonyl (C=O) groups is 1. The van der Waals surface area contributed by atoms with E-state index in [-0.39, 0.29) is 11.8 Å². The Morgan fingerprint density at radius 1 is 0.833 bits per heavy atom. The van der Waals surface area contributed by atoms with Crippen LogP contribution >= 0.6 is 0 Å². The van der Waals surface area contributed by atoms with Crippen molar-refractivity contribution >= 4 is 11.7 Å². The SMILES string of the molecule is CC(C)c1cccc(C(C)C)c1OC(=O)[C@@H]1OC(c2ccc(C(F)(F)F)cc2)=C[C@H]1c1ccccc1. The van der Waals surface area contributed by atoms with Gasteiger partial charge >= 0.3 is 12.1 Å². The highest BCUT2D eigenvalue weighted by Gasteiger charge is 2.39. The van der Waals surface area contributed by atoms with E-state index in [1.54, 1.807) is 6.08 Å². The van der Waals surface area contributed by atoms with Crippen LogP contribution in [-0.2, 0) is 15.7 Å². The summed E-state index contributed by atoms with van der Waals surface area (Å²) in [6, 6.07) is 20.0. The highest BCUT2D eigenvalue weighted by Crippen LogP contribution is 2.40. The van der Waals surface area contributed by atoms with E-state index in [4.69, 9.17) is 9.47 Å². The molecule has 0 N–H and O–H groups in total. The fourth-order valence-corrected chi connectivity index (χ4v) is 4.39. The average molecular weight is 495 g/mol. The molecule has 0 bridgehead atoms. The fraction of sp³-hybridized carbons (Fsp3) is 0.300. The molecule has 188 valence electrons. The van der Waals surface area contributed by atoms with Crippen molar-refractivity contribution in [3.63, 3.8) is 0 Å². The Hall–Kier alpha value is -3.54. The summed E-state index contributed by atoms with van der Waals surface area (Å²) in [4.78, 5) is 13.6. The second kappa shape index (κ2) is 10.2. The van der Waals surface area contributed by atoms with Gasteiger partial charge in [-0.05, 0) is 46.7 Å². The molecule has 0 radical (unpaired) electrons. The molecule has 1 aliphatic rings. The van der Waals surface area contributed by atoms with E-state index in [1.165, 1.54) is 12.1 Å². The topological polar surface area (TPSA) is 35.5 Å². The van der Waals surface area contributed by atoms with Crippen LogP contribution in [0.2, 0.25) is 0 Å². The molecule has 1 heterocycles. The molecule has 3 aromatic carbocycles. The summed E-state index contributed by atoms with van der Waals surface area (Å²) in [7, 11) is 0. The molecular weight excluding hydrogens is 465 g/mol. The maximum atomic E-state index is 13.6. The fourth-order valence-electron chi connectivity index (χ4n) is 4.39. The largest absolute Gasteiger partial charge is 0.477 e. The number of benzene rings is 3. The molecule has 36 heavy (non-hydrogen) atoms. The molecule has 0 unspecified atom stereocenters. The molecule has 2 atom stereocenters. The summed E-state index contributed by atoms with van der Waals surface area (Å²) >= 11 is 0. The second-order valence-electron chi connectivity index (χ2n) is 9.58. The summed E-state index contributed by atoms with van der Waals surface area (Å²) in [6.07, 6.45) is -3.63. The summed E-state index contributed by atoms with van der Waals surface area (Å²) in [5, 5.41) is 0. The highest BCUT2D eigenvalue weighted by atomic mass is 19.4. The van der Waals surface area contributed by atoms with Gasteiger partial charge in [-0.2, -0.15) is 13.2 Å². The molecule has 1 aliphatic heterocycles. The van der Waals surface area contributed by atoms with Gasteiger partial charge in [-0.3, -0.25) is 0 Å². The van der Waals surface area contributed by atoms with E-state index in [0.717, 1.165) is 28.8 Å². The number of para-hydroxylation sites is 1. The van der Waals surface area contributed by atoms with Crippen LogP contribution < -0.4 is 4.74 Å². The van der Waals surface area contributed by atoms with Crippen LogP contribution in [0.15, 0.2) is 78.9 Å². The third-order valence-electron chi connectivity index (χ3n) is 6.35. The van der Waals surface area contributed by atoms with Gasteiger partial charge in [-0.25, -0.2) is 4.79 Å². The lowest BCUT2D eigenvalue weighted by Gasteiger charge is -2.23. The van der Waals surface area contributed by atoms with Crippen LogP contribution in [0, 0.1) is 0 Å². The Balaban J connectivity index is 1.68. The molecule has 0 amide bonds. The number of ether oxygens (including phenoxy) is 2. The van der Waals surface area contributed by atoms with Crippen molar-refractivity contribution < 1.29 is 27.4 Å². The Labute approximate surface area is 209 Å². The zero-order chi connectivity index (χ0) is 26.0. The molecule has 6 heteroatoms. The van der Waals surface area contributed by atoms with Crippen LogP contribution in [0.5, 0.6) is 5.75 Å². The van der Waals surface area contributed by atoms with Crippen molar-refractivity contribution in [3.05, 3.63) is 107 Å². The Morgan fingerprint density at radius 3 is 1.94 bits per heavy atom. The van der Waals surface area contributed by atoms with Gasteiger partial charge in [-0.1, -0.05) is 88.4 Å². The van der Waals surface area contributed by atoms with Crippen LogP contribution in [-0.4, -0.2) is 12.1 Å². The number of hydrogen-bond acceptors (Lipinski definition) is 3. The first-order chi connectivity index (χ1) is 17.1. The van der Waals surface area contributed by atoms with Gasteiger partial charge in [0, 0.05) is 5.56 Å². The maximum Gasteiger partial charge on any atom is 0.416 e. The molecule has 0 saturated carbocycles. The quantitative estimate of drug-likeness (QED) is 0.257. The third kappa shape index (κ3) is 5.32. The molecule has 0 spiro atoms. The molecule has 0 aromatic heterocycles. The van der Waals surface area contributed by atoms with E-state index in [9.17, 15) is 18.0 Å². The molecule has 3 aromatic rings. The Morgan fingerprint density at radius 2 is 1.42 bits per heavy atom. The summed E-state index contributed by atoms with van der Waals surface area (Å²) in [5.41, 5.74) is 2.43. The van der Waals surface area contributed by atoms with Gasteiger partial charge in [0.1, 0.15) is 11.5 Å². The number of halogens is 3. The van der Waals surface area contributed by atoms with E-state index in [2.05, 4.69) is 0 Å². The molecule has 4 rings (SSSR count). The minimum Gasteiger partial charge on any atom is -0.477 e. The first-order valence-electron chi connectivity index (χ1n) is 12.0. The molecule has 0 saturated heterocycles. The summed E-state index contributed by atoms with van der Waals surface area (Å²) in [5.74, 6) is 0.178. The van der Waals surface area contributed by atoms with Crippen molar-refractivity contribution in [2.24, 2.45) is 0 Å². The zero-order valence-electron chi connectivity index (χ0n) is 20.7. The predicted molar refractivity (Wildman–Crippen MR) is 134 cm³/mol. The lowest BCUT2D eigenvalue weighted by molar-refractivity contribution is -0.143. The van der Waals surface area contributed by atoms with Gasteiger partial charge in [0.2, 0.25) is 6.10 Å². The second-order valence-corrected chi connectivity index (χ2v) is 9.58. The van der Waals surface area contributed by atoms with Crippen LogP contribution in [0.4, 0.5) is 13.2 Å². The molecule has 3 nitrogen and oxygen atoms in total. The standard InChI is InChI=1S/C30H29F3O3/c1-18(2)23-11-8-12-24(19(3)4)27(23)36-29(34)28-25(20-9-6-5-7-10-20)17-26(35-28)21-13-15-22(16-14-21)30(31,32)33/h5-19,25,28H,1-4H3/t25-,28+/m0/s1. The average Bonchev–Trinajstić information content (AvgIpc) is 3.30. The third-order valence-corrected chi connectivity index (χ3v) is 6.35. The van der Waals surface area contributed by atoms with Crippen molar-refractivity contribution in [3.8, 4) is 5.75 Å². The van der Waals surface area contributed by atoms with Gasteiger partial charge in [-0.15, -0.1) is 0 Å². The number of rotatable bonds is 6. The number of carbonyl (C=O) groups excluding carboxylic acids is 1. The monoisotopic (exact) mass is 494 g/mol. The van der Waals surface area contributed by atoms with Gasteiger partial charge in [0.05, 0.1) is 11.5 Å². The van der Waals surface area contributed by atoms with Gasteiger partial charge in [0.25, 0.3) is 0 Å². The first-order valence-corrected chi connectivity index (χ1v) is 12.0. The van der Waals surface area contributed by atoms with E-state index in [0.29, 0.717) is 17.1 Å². The minimum absolute atomic E-state index is 0.141. The van der Waals surface area contributed by atoms with Gasteiger partial charge < -0.3 is 9.47 Å². The number of esters is 1. The number of alkyl halides is 3. The predicted octanol–water partition coefficient (Wildman–Crippen LogP) is 8.08. The first kappa shape index (κ1) is 25.5. The van der Waals surface area contributed by atoms with Crippen molar-refractivity contribution in [1.29, 1.82) is 0 Å². The Bertz CT molecular complexity index is 1220. The Kier molecular flexibility index (Phi) is 7.25. The van der Waals surface area contributed by atoms with E-state index < -0.39 is 29.7 Å². The van der Waals surface area contributed by atoms with E-state index in [1.807, 2.05) is 76.2 Å². The van der Waals surface area contributed by atoms with Crippen LogP contribution in [0.3, 0.4) is 0 Å². The highest BCUT2D eigenvalue weighted by molar-refractivity contribution is 5.83. The lowest BCUT2D eigenvalue weighted by atomic mass is 9.93. The summed E-state index contributed by atoms with van der Waals surface area (Å²) in [6.45, 7) is 8.17. The van der Waals surface area contributed by atoms with Crippen LogP contribution in [0.1, 0.15) is 73.3 Å². The smallest absolute Gasteiger partial charge is 0.416 e. The van der Waals surface area contributed by atoms with E-state index >= 15 is 0 Å². The van der Waals surface area contributed by atoms with Gasteiger partial charge in [0.15, 0.2) is 0 Å². The maximum absolute atomic E-state index is 13.6.